The number of amides is 1. The predicted octanol–water partition coefficient (Wildman–Crippen LogP) is 0.665. The van der Waals surface area contributed by atoms with E-state index in [1.807, 2.05) is 43.3 Å². The number of nitrogens with zero attached hydrogens (tertiary/aromatic N) is 1. The third kappa shape index (κ3) is 4.05. The number of hydrogen-bond donors (Lipinski definition) is 1. The quantitative estimate of drug-likeness (QED) is 0.758. The van der Waals surface area contributed by atoms with Gasteiger partial charge in [0.15, 0.2) is 0 Å². The molecule has 0 aliphatic heterocycles. The molecule has 0 saturated carbocycles. The molecule has 0 aromatic heterocycles. The van der Waals surface area contributed by atoms with E-state index in [2.05, 4.69) is 11.4 Å². The van der Waals surface area contributed by atoms with E-state index >= 15 is 0 Å². The number of nitrogens with one attached hydrogen (secondary N) is 1. The molecule has 0 aliphatic rings. The second-order valence-electron chi connectivity index (χ2n) is 3.42. The molecule has 0 heterocycles. The van der Waals surface area contributed by atoms with Crippen LogP contribution in [0.2, 0.25) is 0 Å². The molecule has 1 aromatic carbocycles. The van der Waals surface area contributed by atoms with Crippen LogP contribution in [0.1, 0.15) is 5.56 Å². The van der Waals surface area contributed by atoms with E-state index in [-0.39, 0.29) is 5.91 Å². The molecule has 3 heteroatoms. The maximum absolute atomic E-state index is 11.3. The highest BCUT2D eigenvalue weighted by molar-refractivity contribution is 5.77. The number of rotatable bonds is 4. The molecule has 0 spiro atoms. The van der Waals surface area contributed by atoms with Crippen LogP contribution in [-0.4, -0.2) is 31.4 Å². The van der Waals surface area contributed by atoms with Gasteiger partial charge in [-0.25, -0.2) is 0 Å². The second kappa shape index (κ2) is 5.40. The third-order valence-corrected chi connectivity index (χ3v) is 1.74. The van der Waals surface area contributed by atoms with Gasteiger partial charge in [0.25, 0.3) is 0 Å². The van der Waals surface area contributed by atoms with Crippen LogP contribution >= 0.6 is 0 Å². The Bertz CT molecular complexity index is 283. The summed E-state index contributed by atoms with van der Waals surface area (Å²) in [4.78, 5) is 13.1. The molecule has 1 N–H and O–H groups in total. The maximum atomic E-state index is 11.3. The zero-order valence-electron chi connectivity index (χ0n) is 8.58. The molecule has 0 unspecified atom stereocenters. The maximum Gasteiger partial charge on any atom is 0.234 e. The van der Waals surface area contributed by atoms with Crippen molar-refractivity contribution in [2.75, 3.05) is 20.6 Å². The van der Waals surface area contributed by atoms with Crippen molar-refractivity contribution in [3.8, 4) is 0 Å². The molecular weight excluding hydrogens is 176 g/mol. The van der Waals surface area contributed by atoms with Gasteiger partial charge in [-0.05, 0) is 25.7 Å². The average Bonchev–Trinajstić information content (AvgIpc) is 2.15. The molecule has 0 saturated heterocycles. The van der Waals surface area contributed by atoms with Crippen molar-refractivity contribution in [2.24, 2.45) is 0 Å². The van der Waals surface area contributed by atoms with E-state index < -0.39 is 0 Å². The van der Waals surface area contributed by atoms with Gasteiger partial charge in [0.1, 0.15) is 0 Å². The van der Waals surface area contributed by atoms with Crippen LogP contribution in [0.4, 0.5) is 0 Å². The first-order valence-corrected chi connectivity index (χ1v) is 4.55. The fraction of sp³-hybridized carbons (Fsp3) is 0.364. The Balaban J connectivity index is 2.31. The van der Waals surface area contributed by atoms with Crippen molar-refractivity contribution < 1.29 is 4.79 Å². The van der Waals surface area contributed by atoms with Gasteiger partial charge in [-0.1, -0.05) is 24.3 Å². The van der Waals surface area contributed by atoms with Crippen LogP contribution in [-0.2, 0) is 11.3 Å². The zero-order chi connectivity index (χ0) is 10.4. The molecule has 75 valence electrons. The normalized spacial score (nSPS) is 10.2. The predicted molar refractivity (Wildman–Crippen MR) is 55.7 cm³/mol. The fourth-order valence-corrected chi connectivity index (χ4v) is 1.08. The van der Waals surface area contributed by atoms with Gasteiger partial charge in [-0.3, -0.25) is 4.79 Å². The molecule has 0 fully saturated rings. The summed E-state index contributed by atoms with van der Waals surface area (Å²) in [5, 5.41) is 2.84. The average molecular weight is 191 g/mol. The summed E-state index contributed by atoms with van der Waals surface area (Å²) < 4.78 is 0. The largest absolute Gasteiger partial charge is 0.351 e. The van der Waals surface area contributed by atoms with E-state index in [9.17, 15) is 4.79 Å². The summed E-state index contributed by atoms with van der Waals surface area (Å²) in [5.41, 5.74) is 1.09. The van der Waals surface area contributed by atoms with Crippen LogP contribution in [0.15, 0.2) is 24.3 Å². The van der Waals surface area contributed by atoms with E-state index in [4.69, 9.17) is 0 Å². The second-order valence-corrected chi connectivity index (χ2v) is 3.42. The lowest BCUT2D eigenvalue weighted by molar-refractivity contribution is -0.121. The summed E-state index contributed by atoms with van der Waals surface area (Å²) in [7, 11) is 3.74. The van der Waals surface area contributed by atoms with Gasteiger partial charge in [-0.2, -0.15) is 0 Å². The minimum absolute atomic E-state index is 0.0443. The van der Waals surface area contributed by atoms with Crippen LogP contribution in [0.25, 0.3) is 0 Å². The highest BCUT2D eigenvalue weighted by Gasteiger charge is 2.01. The summed E-state index contributed by atoms with van der Waals surface area (Å²) in [5.74, 6) is 0.0443. The summed E-state index contributed by atoms with van der Waals surface area (Å²) in [6.07, 6.45) is 0. The van der Waals surface area contributed by atoms with Gasteiger partial charge in [0.05, 0.1) is 6.54 Å². The molecule has 0 aliphatic carbocycles. The summed E-state index contributed by atoms with van der Waals surface area (Å²) in [6.45, 7) is 1.01. The summed E-state index contributed by atoms with van der Waals surface area (Å²) in [6, 6.07) is 10.5. The number of carbonyl (C=O) groups is 1. The highest BCUT2D eigenvalue weighted by Crippen LogP contribution is 1.96. The minimum atomic E-state index is 0.0443. The van der Waals surface area contributed by atoms with E-state index in [1.165, 1.54) is 0 Å². The topological polar surface area (TPSA) is 32.3 Å². The Morgan fingerprint density at radius 2 is 2.07 bits per heavy atom. The molecular formula is C11H15N2O. The van der Waals surface area contributed by atoms with Crippen LogP contribution in [0.5, 0.6) is 0 Å². The first kappa shape index (κ1) is 10.7. The Labute approximate surface area is 84.7 Å². The SMILES string of the molecule is CN(C)CC(=O)NCc1cc[c]cc1. The number of likely N-dealkylation sites (N-methyl/N-ethyl adjacent to an activating group) is 1. The Morgan fingerprint density at radius 3 is 2.64 bits per heavy atom. The van der Waals surface area contributed by atoms with Crippen molar-refractivity contribution in [3.63, 3.8) is 0 Å². The van der Waals surface area contributed by atoms with Crippen molar-refractivity contribution in [2.45, 2.75) is 6.54 Å². The standard InChI is InChI=1S/C11H15N2O/c1-13(2)9-11(14)12-8-10-6-4-3-5-7-10/h4-7H,8-9H2,1-2H3,(H,12,14). The molecule has 1 aromatic rings. The Morgan fingerprint density at radius 1 is 1.43 bits per heavy atom. The smallest absolute Gasteiger partial charge is 0.234 e. The third-order valence-electron chi connectivity index (χ3n) is 1.74. The van der Waals surface area contributed by atoms with Gasteiger partial charge in [-0.15, -0.1) is 0 Å². The van der Waals surface area contributed by atoms with Gasteiger partial charge in [0.2, 0.25) is 5.91 Å². The van der Waals surface area contributed by atoms with Crippen molar-refractivity contribution in [3.05, 3.63) is 35.9 Å². The highest BCUT2D eigenvalue weighted by atomic mass is 16.1. The lowest BCUT2D eigenvalue weighted by Crippen LogP contribution is -2.32. The van der Waals surface area contributed by atoms with Crippen LogP contribution in [0, 0.1) is 6.07 Å². The van der Waals surface area contributed by atoms with Crippen LogP contribution < -0.4 is 5.32 Å². The van der Waals surface area contributed by atoms with Gasteiger partial charge >= 0.3 is 0 Å². The minimum Gasteiger partial charge on any atom is -0.351 e. The molecule has 14 heavy (non-hydrogen) atoms. The number of carbonyl (C=O) groups excluding carboxylic acids is 1. The summed E-state index contributed by atoms with van der Waals surface area (Å²) >= 11 is 0. The fourth-order valence-electron chi connectivity index (χ4n) is 1.08. The van der Waals surface area contributed by atoms with E-state index in [1.54, 1.807) is 0 Å². The van der Waals surface area contributed by atoms with Gasteiger partial charge < -0.3 is 10.2 Å². The Hall–Kier alpha value is -1.35. The van der Waals surface area contributed by atoms with E-state index in [0.717, 1.165) is 5.56 Å². The monoisotopic (exact) mass is 191 g/mol. The zero-order valence-corrected chi connectivity index (χ0v) is 8.58. The first-order chi connectivity index (χ1) is 6.68. The molecule has 0 atom stereocenters. The number of benzene rings is 1. The molecule has 0 bridgehead atoms. The molecule has 1 radical (unpaired) electrons. The lowest BCUT2D eigenvalue weighted by Gasteiger charge is -2.09. The van der Waals surface area contributed by atoms with Crippen LogP contribution in [0.3, 0.4) is 0 Å². The Kier molecular flexibility index (Phi) is 4.13. The van der Waals surface area contributed by atoms with Crippen molar-refractivity contribution in [1.82, 2.24) is 10.2 Å². The van der Waals surface area contributed by atoms with Crippen molar-refractivity contribution >= 4 is 5.91 Å². The number of hydrogen-bond acceptors (Lipinski definition) is 2. The molecule has 3 nitrogen and oxygen atoms in total. The van der Waals surface area contributed by atoms with E-state index in [0.29, 0.717) is 13.1 Å². The van der Waals surface area contributed by atoms with Gasteiger partial charge in [0, 0.05) is 6.54 Å². The molecule has 1 amide bonds. The lowest BCUT2D eigenvalue weighted by atomic mass is 10.2. The molecule has 1 rings (SSSR count). The van der Waals surface area contributed by atoms with Crippen molar-refractivity contribution in [1.29, 1.82) is 0 Å². The first-order valence-electron chi connectivity index (χ1n) is 4.55.